The van der Waals surface area contributed by atoms with Gasteiger partial charge in [-0.1, -0.05) is 13.8 Å². The summed E-state index contributed by atoms with van der Waals surface area (Å²) in [5, 5.41) is 0. The second-order valence-electron chi connectivity index (χ2n) is 4.23. The number of rotatable bonds is 1. The Labute approximate surface area is 61.8 Å². The highest BCUT2D eigenvalue weighted by Crippen LogP contribution is 2.64. The summed E-state index contributed by atoms with van der Waals surface area (Å²) in [6.45, 7) is 4.34. The first-order valence-corrected chi connectivity index (χ1v) is 4.18. The van der Waals surface area contributed by atoms with Gasteiger partial charge in [-0.25, -0.2) is 0 Å². The quantitative estimate of drug-likeness (QED) is 0.541. The highest BCUT2D eigenvalue weighted by atomic mass is 16.1. The first kappa shape index (κ1) is 6.38. The van der Waals surface area contributed by atoms with Crippen LogP contribution in [0.5, 0.6) is 0 Å². The Bertz CT molecular complexity index is 177. The van der Waals surface area contributed by atoms with Gasteiger partial charge in [0.05, 0.1) is 0 Å². The van der Waals surface area contributed by atoms with Crippen LogP contribution in [0.3, 0.4) is 0 Å². The van der Waals surface area contributed by atoms with Crippen molar-refractivity contribution in [2.75, 3.05) is 0 Å². The molecule has 56 valence electrons. The van der Waals surface area contributed by atoms with Gasteiger partial charge >= 0.3 is 0 Å². The van der Waals surface area contributed by atoms with E-state index in [4.69, 9.17) is 0 Å². The molecule has 2 rings (SSSR count). The fraction of sp³-hybridized carbons (Fsp3) is 0.889. The van der Waals surface area contributed by atoms with Crippen LogP contribution in [0.15, 0.2) is 0 Å². The van der Waals surface area contributed by atoms with E-state index >= 15 is 0 Å². The minimum atomic E-state index is 0.438. The first-order chi connectivity index (χ1) is 4.66. The molecule has 0 bridgehead atoms. The Balaban J connectivity index is 2.11. The Morgan fingerprint density at radius 3 is 2.30 bits per heavy atom. The Morgan fingerprint density at radius 1 is 1.50 bits per heavy atom. The van der Waals surface area contributed by atoms with Crippen molar-refractivity contribution in [1.82, 2.24) is 0 Å². The predicted molar refractivity (Wildman–Crippen MR) is 39.6 cm³/mol. The van der Waals surface area contributed by atoms with E-state index in [-0.39, 0.29) is 0 Å². The zero-order valence-electron chi connectivity index (χ0n) is 6.68. The van der Waals surface area contributed by atoms with E-state index in [2.05, 4.69) is 13.8 Å². The van der Waals surface area contributed by atoms with Crippen LogP contribution >= 0.6 is 0 Å². The smallest absolute Gasteiger partial charge is 0.137 e. The molecular formula is C9H14O. The molecule has 0 aromatic carbocycles. The second-order valence-corrected chi connectivity index (χ2v) is 4.23. The molecule has 10 heavy (non-hydrogen) atoms. The van der Waals surface area contributed by atoms with Crippen molar-refractivity contribution in [1.29, 1.82) is 0 Å². The molecule has 0 heterocycles. The maximum Gasteiger partial charge on any atom is 0.137 e. The lowest BCUT2D eigenvalue weighted by Gasteiger charge is -2.38. The van der Waals surface area contributed by atoms with Gasteiger partial charge in [0.1, 0.15) is 5.78 Å². The standard InChI is InChI=1S/C9H14O/c1-6(2)8-7(10)5-9(8)3-4-9/h6,8H,3-5H2,1-2H3. The van der Waals surface area contributed by atoms with Gasteiger partial charge in [-0.3, -0.25) is 4.79 Å². The average Bonchev–Trinajstić information content (AvgIpc) is 2.44. The molecule has 2 saturated carbocycles. The third-order valence-corrected chi connectivity index (χ3v) is 3.09. The minimum absolute atomic E-state index is 0.438. The molecule has 0 aliphatic heterocycles. The largest absolute Gasteiger partial charge is 0.299 e. The number of Topliss-reactive ketones (excluding diaryl/α,β-unsaturated/α-hetero) is 1. The topological polar surface area (TPSA) is 17.1 Å². The lowest BCUT2D eigenvalue weighted by atomic mass is 9.64. The molecule has 0 N–H and O–H groups in total. The van der Waals surface area contributed by atoms with Crippen molar-refractivity contribution in [3.8, 4) is 0 Å². The SMILES string of the molecule is CC(C)C1C(=O)CC12CC2. The van der Waals surface area contributed by atoms with Crippen LogP contribution in [0.4, 0.5) is 0 Å². The zero-order chi connectivity index (χ0) is 7.35. The van der Waals surface area contributed by atoms with Crippen LogP contribution in [0, 0.1) is 17.3 Å². The fourth-order valence-electron chi connectivity index (χ4n) is 2.50. The van der Waals surface area contributed by atoms with Gasteiger partial charge in [0, 0.05) is 12.3 Å². The van der Waals surface area contributed by atoms with Crippen LogP contribution in [0.25, 0.3) is 0 Å². The summed E-state index contributed by atoms with van der Waals surface area (Å²) in [7, 11) is 0. The maximum atomic E-state index is 11.1. The molecule has 0 aromatic rings. The first-order valence-electron chi connectivity index (χ1n) is 4.18. The molecule has 1 unspecified atom stereocenters. The van der Waals surface area contributed by atoms with Gasteiger partial charge in [-0.05, 0) is 24.2 Å². The van der Waals surface area contributed by atoms with Gasteiger partial charge in [-0.15, -0.1) is 0 Å². The Morgan fingerprint density at radius 2 is 2.10 bits per heavy atom. The van der Waals surface area contributed by atoms with E-state index in [1.807, 2.05) is 0 Å². The van der Waals surface area contributed by atoms with Crippen molar-refractivity contribution in [3.63, 3.8) is 0 Å². The molecule has 2 aliphatic carbocycles. The summed E-state index contributed by atoms with van der Waals surface area (Å²) >= 11 is 0. The average molecular weight is 138 g/mol. The summed E-state index contributed by atoms with van der Waals surface area (Å²) < 4.78 is 0. The summed E-state index contributed by atoms with van der Waals surface area (Å²) in [5.74, 6) is 1.55. The third-order valence-electron chi connectivity index (χ3n) is 3.09. The van der Waals surface area contributed by atoms with Gasteiger partial charge in [0.25, 0.3) is 0 Å². The molecule has 0 aromatic heterocycles. The van der Waals surface area contributed by atoms with Crippen LogP contribution in [-0.2, 0) is 4.79 Å². The minimum Gasteiger partial charge on any atom is -0.299 e. The van der Waals surface area contributed by atoms with Crippen LogP contribution in [0.1, 0.15) is 33.1 Å². The summed E-state index contributed by atoms with van der Waals surface area (Å²) in [6.07, 6.45) is 3.54. The lowest BCUT2D eigenvalue weighted by molar-refractivity contribution is -0.138. The molecule has 0 amide bonds. The summed E-state index contributed by atoms with van der Waals surface area (Å²) in [5.41, 5.74) is 0.533. The molecule has 1 nitrogen and oxygen atoms in total. The molecule has 1 atom stereocenters. The number of carbonyl (C=O) groups excluding carboxylic acids is 1. The lowest BCUT2D eigenvalue weighted by Crippen LogP contribution is -2.42. The highest BCUT2D eigenvalue weighted by Gasteiger charge is 2.61. The van der Waals surface area contributed by atoms with Gasteiger partial charge in [0.15, 0.2) is 0 Å². The third kappa shape index (κ3) is 0.609. The van der Waals surface area contributed by atoms with E-state index in [0.717, 1.165) is 6.42 Å². The molecule has 0 saturated heterocycles. The van der Waals surface area contributed by atoms with Crippen molar-refractivity contribution in [2.45, 2.75) is 33.1 Å². The van der Waals surface area contributed by atoms with E-state index in [0.29, 0.717) is 23.0 Å². The zero-order valence-corrected chi connectivity index (χ0v) is 6.68. The number of hydrogen-bond donors (Lipinski definition) is 0. The molecule has 0 radical (unpaired) electrons. The number of carbonyl (C=O) groups is 1. The molecule has 2 aliphatic rings. The van der Waals surface area contributed by atoms with Gasteiger partial charge < -0.3 is 0 Å². The summed E-state index contributed by atoms with van der Waals surface area (Å²) in [6, 6.07) is 0. The van der Waals surface area contributed by atoms with Crippen LogP contribution in [0.2, 0.25) is 0 Å². The molecule has 2 fully saturated rings. The summed E-state index contributed by atoms with van der Waals surface area (Å²) in [4.78, 5) is 11.1. The number of hydrogen-bond acceptors (Lipinski definition) is 1. The second kappa shape index (κ2) is 1.63. The van der Waals surface area contributed by atoms with E-state index in [1.165, 1.54) is 12.8 Å². The van der Waals surface area contributed by atoms with E-state index < -0.39 is 0 Å². The van der Waals surface area contributed by atoms with Crippen molar-refractivity contribution < 1.29 is 4.79 Å². The Kier molecular flexibility index (Phi) is 1.04. The highest BCUT2D eigenvalue weighted by molar-refractivity contribution is 5.90. The molecule has 1 heteroatoms. The van der Waals surface area contributed by atoms with Crippen molar-refractivity contribution in [2.24, 2.45) is 17.3 Å². The van der Waals surface area contributed by atoms with Crippen LogP contribution < -0.4 is 0 Å². The van der Waals surface area contributed by atoms with Gasteiger partial charge in [0.2, 0.25) is 0 Å². The monoisotopic (exact) mass is 138 g/mol. The molecule has 1 spiro atoms. The normalized spacial score (nSPS) is 34.7. The number of ketones is 1. The van der Waals surface area contributed by atoms with Crippen molar-refractivity contribution in [3.05, 3.63) is 0 Å². The van der Waals surface area contributed by atoms with E-state index in [1.54, 1.807) is 0 Å². The molecular weight excluding hydrogens is 124 g/mol. The fourth-order valence-corrected chi connectivity index (χ4v) is 2.50. The van der Waals surface area contributed by atoms with Crippen molar-refractivity contribution >= 4 is 5.78 Å². The Hall–Kier alpha value is -0.330. The van der Waals surface area contributed by atoms with Crippen LogP contribution in [-0.4, -0.2) is 5.78 Å². The predicted octanol–water partition coefficient (Wildman–Crippen LogP) is 2.01. The van der Waals surface area contributed by atoms with Gasteiger partial charge in [-0.2, -0.15) is 0 Å². The maximum absolute atomic E-state index is 11.1. The van der Waals surface area contributed by atoms with E-state index in [9.17, 15) is 4.79 Å².